The molecule has 2 rings (SSSR count). The van der Waals surface area contributed by atoms with Crippen molar-refractivity contribution in [3.63, 3.8) is 0 Å². The van der Waals surface area contributed by atoms with Gasteiger partial charge in [0.1, 0.15) is 0 Å². The molecule has 0 spiro atoms. The van der Waals surface area contributed by atoms with Gasteiger partial charge in [0.2, 0.25) is 0 Å². The van der Waals surface area contributed by atoms with Crippen LogP contribution in [0.5, 0.6) is 0 Å². The number of pyridine rings is 1. The van der Waals surface area contributed by atoms with E-state index in [9.17, 15) is 4.79 Å². The predicted octanol–water partition coefficient (Wildman–Crippen LogP) is 1.82. The Morgan fingerprint density at radius 3 is 3.06 bits per heavy atom. The Bertz CT molecular complexity index is 495. The van der Waals surface area contributed by atoms with E-state index in [1.165, 1.54) is 0 Å². The summed E-state index contributed by atoms with van der Waals surface area (Å²) in [6, 6.07) is 3.50. The Kier molecular flexibility index (Phi) is 3.82. The molecular weight excluding hydrogens is 234 g/mol. The van der Waals surface area contributed by atoms with E-state index in [-0.39, 0.29) is 5.91 Å². The number of nitrogens with one attached hydrogen (secondary N) is 1. The van der Waals surface area contributed by atoms with Gasteiger partial charge in [-0.25, -0.2) is 4.98 Å². The van der Waals surface area contributed by atoms with Crippen molar-refractivity contribution in [2.24, 2.45) is 0 Å². The smallest absolute Gasteiger partial charge is 0.252 e. The molecule has 0 bridgehead atoms. The van der Waals surface area contributed by atoms with Gasteiger partial charge in [-0.2, -0.15) is 0 Å². The average molecular weight is 247 g/mol. The summed E-state index contributed by atoms with van der Waals surface area (Å²) in [7, 11) is 0. The van der Waals surface area contributed by atoms with Crippen LogP contribution in [0.1, 0.15) is 21.1 Å². The number of carbonyl (C=O) groups is 1. The first-order valence-electron chi connectivity index (χ1n) is 5.35. The van der Waals surface area contributed by atoms with Crippen LogP contribution in [-0.4, -0.2) is 22.4 Å². The van der Waals surface area contributed by atoms with Crippen molar-refractivity contribution in [3.05, 3.63) is 46.2 Å². The van der Waals surface area contributed by atoms with E-state index in [1.54, 1.807) is 35.9 Å². The summed E-state index contributed by atoms with van der Waals surface area (Å²) in [5.41, 5.74) is 1.62. The molecule has 0 saturated carbocycles. The van der Waals surface area contributed by atoms with Crippen LogP contribution in [-0.2, 0) is 6.42 Å². The van der Waals surface area contributed by atoms with Gasteiger partial charge in [0.25, 0.3) is 5.91 Å². The molecule has 4 nitrogen and oxygen atoms in total. The maximum atomic E-state index is 11.7. The van der Waals surface area contributed by atoms with Crippen molar-refractivity contribution in [1.82, 2.24) is 15.3 Å². The first-order valence-corrected chi connectivity index (χ1v) is 6.23. The minimum absolute atomic E-state index is 0.0913. The summed E-state index contributed by atoms with van der Waals surface area (Å²) < 4.78 is 0. The van der Waals surface area contributed by atoms with Crippen LogP contribution < -0.4 is 5.32 Å². The van der Waals surface area contributed by atoms with Crippen molar-refractivity contribution in [2.75, 3.05) is 6.54 Å². The lowest BCUT2D eigenvalue weighted by molar-refractivity contribution is 0.0954. The number of aromatic nitrogens is 2. The van der Waals surface area contributed by atoms with E-state index in [0.717, 1.165) is 17.1 Å². The van der Waals surface area contributed by atoms with Gasteiger partial charge in [0.05, 0.1) is 10.6 Å². The molecule has 2 aromatic rings. The van der Waals surface area contributed by atoms with E-state index in [2.05, 4.69) is 15.3 Å². The first-order chi connectivity index (χ1) is 8.25. The summed E-state index contributed by atoms with van der Waals surface area (Å²) in [4.78, 5) is 19.9. The third-order valence-electron chi connectivity index (χ3n) is 2.21. The monoisotopic (exact) mass is 247 g/mol. The first kappa shape index (κ1) is 11.7. The van der Waals surface area contributed by atoms with Gasteiger partial charge in [-0.3, -0.25) is 9.78 Å². The Labute approximate surface area is 104 Å². The van der Waals surface area contributed by atoms with E-state index in [1.807, 2.05) is 12.3 Å². The van der Waals surface area contributed by atoms with Crippen LogP contribution >= 0.6 is 11.3 Å². The number of aryl methyl sites for hydroxylation is 1. The molecule has 0 aliphatic rings. The molecule has 0 unspecified atom stereocenters. The molecule has 0 fully saturated rings. The number of nitrogens with zero attached hydrogens (tertiary/aromatic N) is 2. The van der Waals surface area contributed by atoms with Crippen LogP contribution in [0.2, 0.25) is 0 Å². The highest BCUT2D eigenvalue weighted by Gasteiger charge is 2.04. The number of amides is 1. The number of rotatable bonds is 4. The molecule has 1 N–H and O–H groups in total. The molecule has 0 aliphatic carbocycles. The van der Waals surface area contributed by atoms with Gasteiger partial charge in [-0.1, -0.05) is 0 Å². The quantitative estimate of drug-likeness (QED) is 0.896. The fraction of sp³-hybridized carbons (Fsp3) is 0.250. The minimum atomic E-state index is -0.0913. The molecule has 0 aliphatic heterocycles. The minimum Gasteiger partial charge on any atom is -0.352 e. The number of hydrogen-bond acceptors (Lipinski definition) is 4. The predicted molar refractivity (Wildman–Crippen MR) is 67.1 cm³/mol. The molecule has 0 radical (unpaired) electrons. The Balaban J connectivity index is 1.81. The number of carbonyl (C=O) groups excluding carboxylic acids is 1. The van der Waals surface area contributed by atoms with Gasteiger partial charge in [0.15, 0.2) is 0 Å². The molecule has 0 atom stereocenters. The molecule has 5 heteroatoms. The largest absolute Gasteiger partial charge is 0.352 e. The zero-order chi connectivity index (χ0) is 12.1. The highest BCUT2D eigenvalue weighted by molar-refractivity contribution is 7.09. The number of thiazole rings is 1. The van der Waals surface area contributed by atoms with Crippen LogP contribution in [0.4, 0.5) is 0 Å². The molecule has 88 valence electrons. The fourth-order valence-corrected chi connectivity index (χ4v) is 2.18. The van der Waals surface area contributed by atoms with Crippen LogP contribution in [0.15, 0.2) is 29.9 Å². The second-order valence-electron chi connectivity index (χ2n) is 3.63. The molecule has 0 saturated heterocycles. The lowest BCUT2D eigenvalue weighted by Crippen LogP contribution is -2.25. The summed E-state index contributed by atoms with van der Waals surface area (Å²) in [5.74, 6) is -0.0913. The standard InChI is InChI=1S/C12H13N3OS/c1-9-8-17-11(15-9)4-6-14-12(16)10-3-2-5-13-7-10/h2-3,5,7-8H,4,6H2,1H3,(H,14,16). The van der Waals surface area contributed by atoms with E-state index in [4.69, 9.17) is 0 Å². The maximum absolute atomic E-state index is 11.7. The van der Waals surface area contributed by atoms with Crippen LogP contribution in [0.3, 0.4) is 0 Å². The zero-order valence-electron chi connectivity index (χ0n) is 9.51. The maximum Gasteiger partial charge on any atom is 0.252 e. The average Bonchev–Trinajstić information content (AvgIpc) is 2.76. The van der Waals surface area contributed by atoms with Gasteiger partial charge >= 0.3 is 0 Å². The van der Waals surface area contributed by atoms with Gasteiger partial charge in [0, 0.05) is 36.4 Å². The highest BCUT2D eigenvalue weighted by atomic mass is 32.1. The van der Waals surface area contributed by atoms with E-state index in [0.29, 0.717) is 12.1 Å². The van der Waals surface area contributed by atoms with Crippen molar-refractivity contribution in [3.8, 4) is 0 Å². The van der Waals surface area contributed by atoms with Crippen molar-refractivity contribution >= 4 is 17.2 Å². The Morgan fingerprint density at radius 1 is 1.53 bits per heavy atom. The second-order valence-corrected chi connectivity index (χ2v) is 4.57. The second kappa shape index (κ2) is 5.54. The normalized spacial score (nSPS) is 10.2. The third kappa shape index (κ3) is 3.35. The third-order valence-corrected chi connectivity index (χ3v) is 3.24. The SMILES string of the molecule is Cc1csc(CCNC(=O)c2cccnc2)n1. The summed E-state index contributed by atoms with van der Waals surface area (Å²) in [6.45, 7) is 2.56. The summed E-state index contributed by atoms with van der Waals surface area (Å²) in [6.07, 6.45) is 3.97. The van der Waals surface area contributed by atoms with Gasteiger partial charge in [-0.15, -0.1) is 11.3 Å². The van der Waals surface area contributed by atoms with Crippen molar-refractivity contribution in [2.45, 2.75) is 13.3 Å². The fourth-order valence-electron chi connectivity index (χ4n) is 1.40. The van der Waals surface area contributed by atoms with Crippen LogP contribution in [0.25, 0.3) is 0 Å². The Hall–Kier alpha value is -1.75. The summed E-state index contributed by atoms with van der Waals surface area (Å²) in [5, 5.41) is 5.91. The lowest BCUT2D eigenvalue weighted by atomic mass is 10.2. The van der Waals surface area contributed by atoms with E-state index >= 15 is 0 Å². The molecule has 2 aromatic heterocycles. The van der Waals surface area contributed by atoms with Gasteiger partial charge < -0.3 is 5.32 Å². The molecule has 17 heavy (non-hydrogen) atoms. The molecule has 0 aromatic carbocycles. The van der Waals surface area contributed by atoms with E-state index < -0.39 is 0 Å². The Morgan fingerprint density at radius 2 is 2.41 bits per heavy atom. The topological polar surface area (TPSA) is 54.9 Å². The molecular formula is C12H13N3OS. The highest BCUT2D eigenvalue weighted by Crippen LogP contribution is 2.08. The molecule has 2 heterocycles. The zero-order valence-corrected chi connectivity index (χ0v) is 10.3. The number of hydrogen-bond donors (Lipinski definition) is 1. The summed E-state index contributed by atoms with van der Waals surface area (Å²) >= 11 is 1.62. The molecule has 1 amide bonds. The van der Waals surface area contributed by atoms with Crippen molar-refractivity contribution in [1.29, 1.82) is 0 Å². The van der Waals surface area contributed by atoms with Crippen molar-refractivity contribution < 1.29 is 4.79 Å². The van der Waals surface area contributed by atoms with Crippen LogP contribution in [0, 0.1) is 6.92 Å². The van der Waals surface area contributed by atoms with Gasteiger partial charge in [-0.05, 0) is 19.1 Å². The lowest BCUT2D eigenvalue weighted by Gasteiger charge is -2.02.